The molecule has 1 heterocycles. The molecule has 1 N–H and O–H groups in total. The summed E-state index contributed by atoms with van der Waals surface area (Å²) in [7, 11) is 4.09. The van der Waals surface area contributed by atoms with E-state index in [0.717, 1.165) is 24.5 Å². The van der Waals surface area contributed by atoms with Crippen LogP contribution in [0.4, 0.5) is 5.69 Å². The summed E-state index contributed by atoms with van der Waals surface area (Å²) in [5, 5.41) is 6.12. The van der Waals surface area contributed by atoms with Gasteiger partial charge in [0.25, 0.3) is 0 Å². The third-order valence-electron chi connectivity index (χ3n) is 3.10. The molecule has 0 radical (unpaired) electrons. The van der Waals surface area contributed by atoms with Crippen LogP contribution in [0, 0.1) is 0 Å². The van der Waals surface area contributed by atoms with Crippen LogP contribution in [0.5, 0.6) is 0 Å². The Balaban J connectivity index is 2.08. The molecular formula is C15H19ClN2S. The van der Waals surface area contributed by atoms with Gasteiger partial charge in [0.2, 0.25) is 0 Å². The number of nitrogens with zero attached hydrogens (tertiary/aromatic N) is 1. The molecule has 102 valence electrons. The Morgan fingerprint density at radius 1 is 1.32 bits per heavy atom. The number of benzene rings is 1. The van der Waals surface area contributed by atoms with E-state index in [9.17, 15) is 0 Å². The van der Waals surface area contributed by atoms with Crippen LogP contribution in [-0.4, -0.2) is 20.6 Å². The fourth-order valence-electron chi connectivity index (χ4n) is 2.09. The first kappa shape index (κ1) is 14.4. The van der Waals surface area contributed by atoms with Crippen molar-refractivity contribution in [1.82, 2.24) is 5.32 Å². The molecule has 0 spiro atoms. The minimum absolute atomic E-state index is 0.790. The Morgan fingerprint density at radius 2 is 2.16 bits per heavy atom. The predicted octanol–water partition coefficient (Wildman–Crippen LogP) is 3.80. The maximum absolute atomic E-state index is 6.12. The molecule has 0 saturated carbocycles. The number of halogens is 1. The van der Waals surface area contributed by atoms with Crippen molar-refractivity contribution in [2.75, 3.05) is 25.5 Å². The third kappa shape index (κ3) is 3.96. The Morgan fingerprint density at radius 3 is 2.84 bits per heavy atom. The van der Waals surface area contributed by atoms with Gasteiger partial charge in [0, 0.05) is 35.7 Å². The first-order chi connectivity index (χ1) is 9.20. The van der Waals surface area contributed by atoms with Gasteiger partial charge >= 0.3 is 0 Å². The van der Waals surface area contributed by atoms with Crippen LogP contribution < -0.4 is 10.2 Å². The third-order valence-corrected chi connectivity index (χ3v) is 4.27. The van der Waals surface area contributed by atoms with Crippen molar-refractivity contribution in [2.45, 2.75) is 13.0 Å². The zero-order chi connectivity index (χ0) is 13.7. The highest BCUT2D eigenvalue weighted by atomic mass is 35.5. The van der Waals surface area contributed by atoms with E-state index in [4.69, 9.17) is 11.6 Å². The van der Waals surface area contributed by atoms with E-state index in [-0.39, 0.29) is 0 Å². The Hall–Kier alpha value is -1.03. The SMILES string of the molecule is CNCc1ccc(Cl)cc1N(C)CCc1cccs1. The van der Waals surface area contributed by atoms with E-state index in [0.29, 0.717) is 0 Å². The lowest BCUT2D eigenvalue weighted by molar-refractivity contribution is 0.803. The van der Waals surface area contributed by atoms with Crippen molar-refractivity contribution in [2.24, 2.45) is 0 Å². The van der Waals surface area contributed by atoms with E-state index < -0.39 is 0 Å². The minimum Gasteiger partial charge on any atom is -0.374 e. The Kier molecular flexibility index (Phi) is 5.25. The molecule has 19 heavy (non-hydrogen) atoms. The molecule has 1 aromatic carbocycles. The topological polar surface area (TPSA) is 15.3 Å². The van der Waals surface area contributed by atoms with Crippen LogP contribution >= 0.6 is 22.9 Å². The average Bonchev–Trinajstić information content (AvgIpc) is 2.91. The molecule has 0 aliphatic rings. The number of likely N-dealkylation sites (N-methyl/N-ethyl adjacent to an activating group) is 1. The summed E-state index contributed by atoms with van der Waals surface area (Å²) in [5.41, 5.74) is 2.49. The standard InChI is InChI=1S/C15H19ClN2S/c1-17-11-12-5-6-13(16)10-15(12)18(2)8-7-14-4-3-9-19-14/h3-6,9-10,17H,7-8,11H2,1-2H3. The maximum Gasteiger partial charge on any atom is 0.0426 e. The molecule has 0 bridgehead atoms. The van der Waals surface area contributed by atoms with E-state index in [1.54, 1.807) is 0 Å². The van der Waals surface area contributed by atoms with Gasteiger partial charge in [0.1, 0.15) is 0 Å². The number of thiophene rings is 1. The van der Waals surface area contributed by atoms with E-state index >= 15 is 0 Å². The summed E-state index contributed by atoms with van der Waals surface area (Å²) in [6.07, 6.45) is 1.07. The molecule has 0 atom stereocenters. The molecule has 0 saturated heterocycles. The van der Waals surface area contributed by atoms with Gasteiger partial charge in [-0.15, -0.1) is 11.3 Å². The molecular weight excluding hydrogens is 276 g/mol. The van der Waals surface area contributed by atoms with Crippen molar-refractivity contribution >= 4 is 28.6 Å². The molecule has 1 aromatic heterocycles. The van der Waals surface area contributed by atoms with Crippen LogP contribution in [0.2, 0.25) is 5.02 Å². The number of hydrogen-bond donors (Lipinski definition) is 1. The van der Waals surface area contributed by atoms with Crippen LogP contribution in [0.3, 0.4) is 0 Å². The second-order valence-electron chi connectivity index (χ2n) is 4.55. The Labute approximate surface area is 124 Å². The normalized spacial score (nSPS) is 10.7. The summed E-state index contributed by atoms with van der Waals surface area (Å²) < 4.78 is 0. The fraction of sp³-hybridized carbons (Fsp3) is 0.333. The van der Waals surface area contributed by atoms with Crippen LogP contribution in [0.1, 0.15) is 10.4 Å². The lowest BCUT2D eigenvalue weighted by Gasteiger charge is -2.22. The number of anilines is 1. The van der Waals surface area contributed by atoms with Gasteiger partial charge in [-0.2, -0.15) is 0 Å². The smallest absolute Gasteiger partial charge is 0.0426 e. The summed E-state index contributed by atoms with van der Waals surface area (Å²) >= 11 is 7.93. The fourth-order valence-corrected chi connectivity index (χ4v) is 2.95. The monoisotopic (exact) mass is 294 g/mol. The van der Waals surface area contributed by atoms with Gasteiger partial charge in [-0.1, -0.05) is 23.7 Å². The second kappa shape index (κ2) is 6.94. The molecule has 2 nitrogen and oxygen atoms in total. The van der Waals surface area contributed by atoms with Crippen LogP contribution in [0.15, 0.2) is 35.7 Å². The minimum atomic E-state index is 0.790. The number of hydrogen-bond acceptors (Lipinski definition) is 3. The average molecular weight is 295 g/mol. The van der Waals surface area contributed by atoms with Gasteiger partial charge in [-0.05, 0) is 42.6 Å². The van der Waals surface area contributed by atoms with Gasteiger partial charge in [-0.3, -0.25) is 0 Å². The summed E-state index contributed by atoms with van der Waals surface area (Å²) in [4.78, 5) is 3.70. The molecule has 2 aromatic rings. The van der Waals surface area contributed by atoms with E-state index in [1.165, 1.54) is 16.1 Å². The van der Waals surface area contributed by atoms with Crippen LogP contribution in [-0.2, 0) is 13.0 Å². The Bertz CT molecular complexity index is 511. The van der Waals surface area contributed by atoms with Gasteiger partial charge in [0.05, 0.1) is 0 Å². The van der Waals surface area contributed by atoms with Crippen molar-refractivity contribution in [1.29, 1.82) is 0 Å². The van der Waals surface area contributed by atoms with E-state index in [2.05, 4.69) is 40.8 Å². The molecule has 2 rings (SSSR count). The lowest BCUT2D eigenvalue weighted by Crippen LogP contribution is -2.22. The highest BCUT2D eigenvalue weighted by Gasteiger charge is 2.08. The molecule has 0 aliphatic heterocycles. The van der Waals surface area contributed by atoms with Gasteiger partial charge < -0.3 is 10.2 Å². The first-order valence-corrected chi connectivity index (χ1v) is 7.63. The zero-order valence-corrected chi connectivity index (χ0v) is 12.9. The number of rotatable bonds is 6. The zero-order valence-electron chi connectivity index (χ0n) is 11.3. The molecule has 0 unspecified atom stereocenters. The molecule has 0 amide bonds. The lowest BCUT2D eigenvalue weighted by atomic mass is 10.1. The number of nitrogens with one attached hydrogen (secondary N) is 1. The van der Waals surface area contributed by atoms with Crippen molar-refractivity contribution in [3.8, 4) is 0 Å². The molecule has 0 fully saturated rings. The summed E-state index contributed by atoms with van der Waals surface area (Å²) in [5.74, 6) is 0. The largest absolute Gasteiger partial charge is 0.374 e. The quantitative estimate of drug-likeness (QED) is 0.872. The van der Waals surface area contributed by atoms with E-state index in [1.807, 2.05) is 30.5 Å². The van der Waals surface area contributed by atoms with Gasteiger partial charge in [-0.25, -0.2) is 0 Å². The summed E-state index contributed by atoms with van der Waals surface area (Å²) in [6, 6.07) is 10.4. The van der Waals surface area contributed by atoms with Crippen molar-refractivity contribution in [3.05, 3.63) is 51.2 Å². The van der Waals surface area contributed by atoms with Crippen LogP contribution in [0.25, 0.3) is 0 Å². The van der Waals surface area contributed by atoms with Crippen molar-refractivity contribution in [3.63, 3.8) is 0 Å². The first-order valence-electron chi connectivity index (χ1n) is 6.37. The summed E-state index contributed by atoms with van der Waals surface area (Å²) in [6.45, 7) is 1.85. The molecule has 4 heteroatoms. The van der Waals surface area contributed by atoms with Crippen molar-refractivity contribution < 1.29 is 0 Å². The van der Waals surface area contributed by atoms with Gasteiger partial charge in [0.15, 0.2) is 0 Å². The second-order valence-corrected chi connectivity index (χ2v) is 6.02. The highest BCUT2D eigenvalue weighted by molar-refractivity contribution is 7.09. The predicted molar refractivity (Wildman–Crippen MR) is 85.5 cm³/mol. The maximum atomic E-state index is 6.12. The highest BCUT2D eigenvalue weighted by Crippen LogP contribution is 2.24. The molecule has 0 aliphatic carbocycles.